The van der Waals surface area contributed by atoms with Crippen molar-refractivity contribution in [1.29, 1.82) is 0 Å². The van der Waals surface area contributed by atoms with Crippen LogP contribution in [0.3, 0.4) is 0 Å². The lowest BCUT2D eigenvalue weighted by Crippen LogP contribution is -2.35. The van der Waals surface area contributed by atoms with Crippen LogP contribution in [-0.4, -0.2) is 33.9 Å². The van der Waals surface area contributed by atoms with E-state index in [1.807, 2.05) is 17.9 Å². The minimum atomic E-state index is -0.0253. The maximum atomic E-state index is 12.4. The van der Waals surface area contributed by atoms with E-state index in [9.17, 15) is 4.79 Å². The maximum Gasteiger partial charge on any atom is 0.255 e. The molecule has 0 radical (unpaired) electrons. The van der Waals surface area contributed by atoms with Gasteiger partial charge in [0, 0.05) is 25.0 Å². The summed E-state index contributed by atoms with van der Waals surface area (Å²) in [5.74, 6) is 0.801. The molecule has 5 nitrogen and oxygen atoms in total. The second kappa shape index (κ2) is 6.96. The van der Waals surface area contributed by atoms with Crippen LogP contribution in [0.4, 0.5) is 0 Å². The molecule has 23 heavy (non-hydrogen) atoms. The topological polar surface area (TPSA) is 55.3 Å². The molecule has 1 fully saturated rings. The van der Waals surface area contributed by atoms with Crippen LogP contribution >= 0.6 is 11.6 Å². The van der Waals surface area contributed by atoms with Crippen molar-refractivity contribution in [2.45, 2.75) is 26.2 Å². The first-order chi connectivity index (χ1) is 11.1. The van der Waals surface area contributed by atoms with E-state index >= 15 is 0 Å². The van der Waals surface area contributed by atoms with Gasteiger partial charge in [0.2, 0.25) is 5.88 Å². The summed E-state index contributed by atoms with van der Waals surface area (Å²) in [6, 6.07) is 5.26. The van der Waals surface area contributed by atoms with Crippen LogP contribution in [0.25, 0.3) is 0 Å². The highest BCUT2D eigenvalue weighted by molar-refractivity contribution is 6.32. The van der Waals surface area contributed by atoms with Gasteiger partial charge in [0.1, 0.15) is 10.8 Å². The molecule has 3 heterocycles. The Morgan fingerprint density at radius 2 is 1.96 bits per heavy atom. The predicted molar refractivity (Wildman–Crippen MR) is 88.0 cm³/mol. The van der Waals surface area contributed by atoms with E-state index in [-0.39, 0.29) is 11.8 Å². The minimum absolute atomic E-state index is 0.0253. The average molecular weight is 332 g/mol. The van der Waals surface area contributed by atoms with Crippen LogP contribution < -0.4 is 4.74 Å². The number of hydrogen-bond donors (Lipinski definition) is 0. The SMILES string of the molecule is Cc1ccc(Oc2ncc(C(=O)N3CCCCC3)cc2Cl)cn1. The lowest BCUT2D eigenvalue weighted by atomic mass is 10.1. The van der Waals surface area contributed by atoms with Crippen molar-refractivity contribution in [2.75, 3.05) is 13.1 Å². The Hall–Kier alpha value is -2.14. The molecule has 0 atom stereocenters. The molecule has 0 spiro atoms. The molecule has 0 unspecified atom stereocenters. The Morgan fingerprint density at radius 3 is 2.61 bits per heavy atom. The zero-order valence-electron chi connectivity index (χ0n) is 13.0. The number of carbonyl (C=O) groups excluding carboxylic acids is 1. The minimum Gasteiger partial charge on any atom is -0.436 e. The average Bonchev–Trinajstić information content (AvgIpc) is 2.59. The van der Waals surface area contributed by atoms with Crippen molar-refractivity contribution >= 4 is 17.5 Å². The van der Waals surface area contributed by atoms with E-state index in [2.05, 4.69) is 9.97 Å². The lowest BCUT2D eigenvalue weighted by molar-refractivity contribution is 0.0724. The first-order valence-electron chi connectivity index (χ1n) is 7.69. The first kappa shape index (κ1) is 15.7. The van der Waals surface area contributed by atoms with Gasteiger partial charge < -0.3 is 9.64 Å². The summed E-state index contributed by atoms with van der Waals surface area (Å²) >= 11 is 6.21. The van der Waals surface area contributed by atoms with Gasteiger partial charge in [-0.15, -0.1) is 0 Å². The molecule has 3 rings (SSSR count). The molecule has 1 aliphatic rings. The van der Waals surface area contributed by atoms with Gasteiger partial charge in [-0.1, -0.05) is 11.6 Å². The summed E-state index contributed by atoms with van der Waals surface area (Å²) in [5, 5.41) is 0.313. The van der Waals surface area contributed by atoms with Crippen molar-refractivity contribution < 1.29 is 9.53 Å². The van der Waals surface area contributed by atoms with Crippen molar-refractivity contribution in [1.82, 2.24) is 14.9 Å². The zero-order chi connectivity index (χ0) is 16.2. The monoisotopic (exact) mass is 331 g/mol. The van der Waals surface area contributed by atoms with E-state index in [0.29, 0.717) is 16.3 Å². The number of ether oxygens (including phenoxy) is 1. The van der Waals surface area contributed by atoms with Gasteiger partial charge in [-0.2, -0.15) is 0 Å². The molecule has 1 aliphatic heterocycles. The van der Waals surface area contributed by atoms with Gasteiger partial charge in [-0.3, -0.25) is 9.78 Å². The van der Waals surface area contributed by atoms with E-state index in [4.69, 9.17) is 16.3 Å². The maximum absolute atomic E-state index is 12.4. The van der Waals surface area contributed by atoms with Crippen LogP contribution in [0, 0.1) is 6.92 Å². The molecule has 0 aromatic carbocycles. The number of pyridine rings is 2. The van der Waals surface area contributed by atoms with E-state index < -0.39 is 0 Å². The normalized spacial score (nSPS) is 14.6. The van der Waals surface area contributed by atoms with Crippen molar-refractivity contribution in [3.8, 4) is 11.6 Å². The molecule has 0 N–H and O–H groups in total. The molecule has 1 amide bonds. The quantitative estimate of drug-likeness (QED) is 0.857. The number of piperidine rings is 1. The third-order valence-electron chi connectivity index (χ3n) is 3.80. The fraction of sp³-hybridized carbons (Fsp3) is 0.353. The van der Waals surface area contributed by atoms with Gasteiger partial charge in [-0.05, 0) is 44.4 Å². The summed E-state index contributed by atoms with van der Waals surface area (Å²) in [6.07, 6.45) is 6.41. The number of hydrogen-bond acceptors (Lipinski definition) is 4. The third kappa shape index (κ3) is 3.79. The largest absolute Gasteiger partial charge is 0.436 e. The number of carbonyl (C=O) groups is 1. The second-order valence-corrected chi connectivity index (χ2v) is 6.01. The highest BCUT2D eigenvalue weighted by Crippen LogP contribution is 2.28. The second-order valence-electron chi connectivity index (χ2n) is 5.60. The summed E-state index contributed by atoms with van der Waals surface area (Å²) in [4.78, 5) is 22.6. The zero-order valence-corrected chi connectivity index (χ0v) is 13.7. The number of aryl methyl sites for hydroxylation is 1. The Balaban J connectivity index is 1.74. The summed E-state index contributed by atoms with van der Waals surface area (Å²) in [6.45, 7) is 3.49. The highest BCUT2D eigenvalue weighted by Gasteiger charge is 2.19. The molecule has 0 saturated carbocycles. The van der Waals surface area contributed by atoms with Crippen LogP contribution in [-0.2, 0) is 0 Å². The van der Waals surface area contributed by atoms with Crippen LogP contribution in [0.1, 0.15) is 35.3 Å². The number of halogens is 1. The number of amides is 1. The molecule has 0 bridgehead atoms. The number of aromatic nitrogens is 2. The highest BCUT2D eigenvalue weighted by atomic mass is 35.5. The Morgan fingerprint density at radius 1 is 1.17 bits per heavy atom. The number of nitrogens with zero attached hydrogens (tertiary/aromatic N) is 3. The molecule has 6 heteroatoms. The molecular weight excluding hydrogens is 314 g/mol. The van der Waals surface area contributed by atoms with Gasteiger partial charge >= 0.3 is 0 Å². The van der Waals surface area contributed by atoms with Gasteiger partial charge in [0.15, 0.2) is 0 Å². The van der Waals surface area contributed by atoms with E-state index in [1.54, 1.807) is 18.3 Å². The van der Waals surface area contributed by atoms with Crippen LogP contribution in [0.5, 0.6) is 11.6 Å². The predicted octanol–water partition coefficient (Wildman–Crippen LogP) is 3.86. The van der Waals surface area contributed by atoms with Crippen LogP contribution in [0.2, 0.25) is 5.02 Å². The van der Waals surface area contributed by atoms with E-state index in [0.717, 1.165) is 31.6 Å². The molecular formula is C17H18ClN3O2. The summed E-state index contributed by atoms with van der Waals surface area (Å²) in [5.41, 5.74) is 1.39. The molecule has 2 aromatic heterocycles. The molecule has 2 aromatic rings. The molecule has 120 valence electrons. The van der Waals surface area contributed by atoms with Gasteiger partial charge in [0.25, 0.3) is 5.91 Å². The van der Waals surface area contributed by atoms with Crippen molar-refractivity contribution in [3.63, 3.8) is 0 Å². The standard InChI is InChI=1S/C17H18ClN3O2/c1-12-5-6-14(11-19-12)23-16-15(18)9-13(10-20-16)17(22)21-7-3-2-4-8-21/h5-6,9-11H,2-4,7-8H2,1H3. The summed E-state index contributed by atoms with van der Waals surface area (Å²) in [7, 11) is 0. The third-order valence-corrected chi connectivity index (χ3v) is 4.07. The van der Waals surface area contributed by atoms with Gasteiger partial charge in [-0.25, -0.2) is 4.98 Å². The van der Waals surface area contributed by atoms with Crippen molar-refractivity contribution in [3.05, 3.63) is 46.9 Å². The molecule has 0 aliphatic carbocycles. The fourth-order valence-corrected chi connectivity index (χ4v) is 2.73. The molecule has 1 saturated heterocycles. The van der Waals surface area contributed by atoms with E-state index in [1.165, 1.54) is 12.6 Å². The van der Waals surface area contributed by atoms with Crippen LogP contribution in [0.15, 0.2) is 30.6 Å². The lowest BCUT2D eigenvalue weighted by Gasteiger charge is -2.26. The first-order valence-corrected chi connectivity index (χ1v) is 8.06. The Bertz CT molecular complexity index is 697. The van der Waals surface area contributed by atoms with Crippen molar-refractivity contribution in [2.24, 2.45) is 0 Å². The summed E-state index contributed by atoms with van der Waals surface area (Å²) < 4.78 is 5.61. The number of likely N-dealkylation sites (tertiary alicyclic amines) is 1. The van der Waals surface area contributed by atoms with Gasteiger partial charge in [0.05, 0.1) is 11.8 Å². The smallest absolute Gasteiger partial charge is 0.255 e. The Labute approximate surface area is 140 Å². The Kier molecular flexibility index (Phi) is 4.76. The fourth-order valence-electron chi connectivity index (χ4n) is 2.52. The number of rotatable bonds is 3.